The lowest BCUT2D eigenvalue weighted by molar-refractivity contribution is -0.137. The van der Waals surface area contributed by atoms with E-state index in [9.17, 15) is 22.8 Å². The lowest BCUT2D eigenvalue weighted by Crippen LogP contribution is -2.54. The van der Waals surface area contributed by atoms with E-state index < -0.39 is 17.8 Å². The maximum Gasteiger partial charge on any atom is 0.416 e. The molecular formula is C26H26F3N3O2. The first-order valence-electron chi connectivity index (χ1n) is 11.2. The Hall–Kier alpha value is -3.55. The van der Waals surface area contributed by atoms with Crippen molar-refractivity contribution in [3.63, 3.8) is 0 Å². The van der Waals surface area contributed by atoms with Gasteiger partial charge >= 0.3 is 6.18 Å². The highest BCUT2D eigenvalue weighted by atomic mass is 19.4. The summed E-state index contributed by atoms with van der Waals surface area (Å²) in [6, 6.07) is 18.1. The highest BCUT2D eigenvalue weighted by Gasteiger charge is 2.31. The fourth-order valence-corrected chi connectivity index (χ4v) is 4.31. The predicted molar refractivity (Wildman–Crippen MR) is 125 cm³/mol. The maximum atomic E-state index is 13.0. The van der Waals surface area contributed by atoms with E-state index in [1.165, 1.54) is 6.07 Å². The minimum atomic E-state index is -4.40. The Kier molecular flexibility index (Phi) is 6.77. The molecule has 1 atom stereocenters. The van der Waals surface area contributed by atoms with Crippen LogP contribution in [-0.4, -0.2) is 48.9 Å². The van der Waals surface area contributed by atoms with Crippen LogP contribution in [0.4, 0.5) is 18.9 Å². The second-order valence-electron chi connectivity index (χ2n) is 8.46. The van der Waals surface area contributed by atoms with Crippen molar-refractivity contribution in [1.29, 1.82) is 0 Å². The van der Waals surface area contributed by atoms with Gasteiger partial charge in [0.15, 0.2) is 0 Å². The number of fused-ring (bicyclic) bond motifs is 1. The quantitative estimate of drug-likeness (QED) is 0.608. The minimum Gasteiger partial charge on any atom is -0.368 e. The number of piperazine rings is 1. The number of alkyl halides is 3. The number of carbonyl (C=O) groups is 2. The highest BCUT2D eigenvalue weighted by molar-refractivity contribution is 5.92. The number of rotatable bonds is 5. The maximum absolute atomic E-state index is 13.0. The number of benzene rings is 3. The van der Waals surface area contributed by atoms with Gasteiger partial charge in [-0.2, -0.15) is 13.2 Å². The van der Waals surface area contributed by atoms with Crippen LogP contribution >= 0.6 is 0 Å². The third-order valence-electron chi connectivity index (χ3n) is 6.11. The first-order chi connectivity index (χ1) is 16.2. The van der Waals surface area contributed by atoms with Gasteiger partial charge in [-0.25, -0.2) is 0 Å². The largest absolute Gasteiger partial charge is 0.416 e. The molecule has 0 saturated carbocycles. The molecule has 0 bridgehead atoms. The number of hydrogen-bond acceptors (Lipinski definition) is 3. The average molecular weight is 470 g/mol. The Bertz CT molecular complexity index is 1180. The van der Waals surface area contributed by atoms with Crippen LogP contribution in [0.5, 0.6) is 0 Å². The molecule has 178 valence electrons. The van der Waals surface area contributed by atoms with Crippen LogP contribution in [0, 0.1) is 0 Å². The van der Waals surface area contributed by atoms with Gasteiger partial charge in [0.05, 0.1) is 12.0 Å². The number of nitrogens with one attached hydrogen (secondary N) is 1. The van der Waals surface area contributed by atoms with Crippen molar-refractivity contribution in [2.24, 2.45) is 0 Å². The van der Waals surface area contributed by atoms with E-state index in [1.54, 1.807) is 17.9 Å². The van der Waals surface area contributed by atoms with E-state index in [0.717, 1.165) is 28.5 Å². The zero-order valence-corrected chi connectivity index (χ0v) is 18.8. The van der Waals surface area contributed by atoms with Crippen LogP contribution < -0.4 is 10.2 Å². The molecule has 1 heterocycles. The van der Waals surface area contributed by atoms with Crippen molar-refractivity contribution < 1.29 is 22.8 Å². The minimum absolute atomic E-state index is 0.169. The molecule has 0 spiro atoms. The van der Waals surface area contributed by atoms with Gasteiger partial charge in [-0.1, -0.05) is 48.5 Å². The summed E-state index contributed by atoms with van der Waals surface area (Å²) in [4.78, 5) is 29.0. The molecule has 34 heavy (non-hydrogen) atoms. The molecule has 0 aromatic heterocycles. The van der Waals surface area contributed by atoms with Gasteiger partial charge in [0.2, 0.25) is 11.8 Å². The molecule has 3 aromatic carbocycles. The Balaban J connectivity index is 1.32. The summed E-state index contributed by atoms with van der Waals surface area (Å²) in [7, 11) is 0. The summed E-state index contributed by atoms with van der Waals surface area (Å²) in [6.07, 6.45) is -4.23. The second-order valence-corrected chi connectivity index (χ2v) is 8.46. The van der Waals surface area contributed by atoms with Gasteiger partial charge in [0.1, 0.15) is 6.04 Å². The molecule has 1 saturated heterocycles. The zero-order valence-electron chi connectivity index (χ0n) is 18.8. The molecule has 1 aliphatic rings. The summed E-state index contributed by atoms with van der Waals surface area (Å²) in [5.41, 5.74) is 0.689. The van der Waals surface area contributed by atoms with Crippen molar-refractivity contribution in [3.8, 4) is 0 Å². The average Bonchev–Trinajstić information content (AvgIpc) is 2.83. The molecule has 1 fully saturated rings. The fraction of sp³-hybridized carbons (Fsp3) is 0.308. The van der Waals surface area contributed by atoms with Crippen LogP contribution in [-0.2, 0) is 22.2 Å². The summed E-state index contributed by atoms with van der Waals surface area (Å²) in [5.74, 6) is -0.435. The Morgan fingerprint density at radius 1 is 0.941 bits per heavy atom. The zero-order chi connectivity index (χ0) is 24.3. The van der Waals surface area contributed by atoms with Crippen LogP contribution in [0.3, 0.4) is 0 Å². The van der Waals surface area contributed by atoms with Gasteiger partial charge in [-0.15, -0.1) is 0 Å². The second kappa shape index (κ2) is 9.75. The lowest BCUT2D eigenvalue weighted by atomic mass is 10.0. The summed E-state index contributed by atoms with van der Waals surface area (Å²) >= 11 is 0. The SMILES string of the molecule is C[C@H](NC(=O)Cc1cccc2ccccc12)C(=O)N1CCN(c2cccc(C(F)(F)F)c2)CC1. The molecule has 3 aromatic rings. The predicted octanol–water partition coefficient (Wildman–Crippen LogP) is 4.25. The standard InChI is InChI=1S/C26H26F3N3O2/c1-18(30-24(33)16-20-8-4-7-19-6-2-3-11-23(19)20)25(34)32-14-12-31(13-15-32)22-10-5-9-21(17-22)26(27,28)29/h2-11,17-18H,12-16H2,1H3,(H,30,33)/t18-/m0/s1. The van der Waals surface area contributed by atoms with Crippen LogP contribution in [0.15, 0.2) is 66.7 Å². The molecule has 5 nitrogen and oxygen atoms in total. The van der Waals surface area contributed by atoms with E-state index in [4.69, 9.17) is 0 Å². The molecule has 0 radical (unpaired) electrons. The van der Waals surface area contributed by atoms with Gasteiger partial charge in [-0.05, 0) is 41.5 Å². The van der Waals surface area contributed by atoms with Crippen molar-refractivity contribution >= 4 is 28.3 Å². The number of halogens is 3. The number of anilines is 1. The monoisotopic (exact) mass is 469 g/mol. The van der Waals surface area contributed by atoms with Gasteiger partial charge in [0, 0.05) is 31.9 Å². The number of nitrogens with zero attached hydrogens (tertiary/aromatic N) is 2. The van der Waals surface area contributed by atoms with Crippen molar-refractivity contribution in [2.45, 2.75) is 25.6 Å². The van der Waals surface area contributed by atoms with E-state index in [1.807, 2.05) is 47.4 Å². The van der Waals surface area contributed by atoms with Gasteiger partial charge < -0.3 is 15.1 Å². The van der Waals surface area contributed by atoms with E-state index in [0.29, 0.717) is 31.9 Å². The molecule has 8 heteroatoms. The number of amides is 2. The number of carbonyl (C=O) groups excluding carboxylic acids is 2. The Morgan fingerprint density at radius 3 is 2.35 bits per heavy atom. The summed E-state index contributed by atoms with van der Waals surface area (Å²) in [5, 5.41) is 4.84. The third kappa shape index (κ3) is 5.32. The number of hydrogen-bond donors (Lipinski definition) is 1. The van der Waals surface area contributed by atoms with Crippen LogP contribution in [0.2, 0.25) is 0 Å². The van der Waals surface area contributed by atoms with E-state index >= 15 is 0 Å². The molecule has 0 aliphatic carbocycles. The molecule has 1 aliphatic heterocycles. The highest BCUT2D eigenvalue weighted by Crippen LogP contribution is 2.32. The first kappa shape index (κ1) is 23.6. The van der Waals surface area contributed by atoms with Crippen LogP contribution in [0.25, 0.3) is 10.8 Å². The normalized spacial score (nSPS) is 15.3. The van der Waals surface area contributed by atoms with Crippen molar-refractivity contribution in [2.75, 3.05) is 31.1 Å². The Labute approximate surface area is 196 Å². The molecule has 0 unspecified atom stereocenters. The molecule has 2 amide bonds. The Morgan fingerprint density at radius 2 is 1.62 bits per heavy atom. The molecule has 1 N–H and O–H groups in total. The van der Waals surface area contributed by atoms with Crippen molar-refractivity contribution in [1.82, 2.24) is 10.2 Å². The fourth-order valence-electron chi connectivity index (χ4n) is 4.31. The smallest absolute Gasteiger partial charge is 0.368 e. The van der Waals surface area contributed by atoms with E-state index in [2.05, 4.69) is 5.32 Å². The van der Waals surface area contributed by atoms with Gasteiger partial charge in [-0.3, -0.25) is 9.59 Å². The van der Waals surface area contributed by atoms with E-state index in [-0.39, 0.29) is 18.2 Å². The van der Waals surface area contributed by atoms with Gasteiger partial charge in [0.25, 0.3) is 0 Å². The summed E-state index contributed by atoms with van der Waals surface area (Å²) < 4.78 is 39.0. The topological polar surface area (TPSA) is 52.7 Å². The van der Waals surface area contributed by atoms with Crippen LogP contribution in [0.1, 0.15) is 18.1 Å². The summed E-state index contributed by atoms with van der Waals surface area (Å²) in [6.45, 7) is 3.24. The molecule has 4 rings (SSSR count). The molecular weight excluding hydrogens is 443 g/mol. The first-order valence-corrected chi connectivity index (χ1v) is 11.2. The lowest BCUT2D eigenvalue weighted by Gasteiger charge is -2.37. The van der Waals surface area contributed by atoms with Crippen molar-refractivity contribution in [3.05, 3.63) is 77.9 Å². The third-order valence-corrected chi connectivity index (χ3v) is 6.11.